The minimum Gasteiger partial charge on any atom is -0.487 e. The topological polar surface area (TPSA) is 33.7 Å². The van der Waals surface area contributed by atoms with Crippen LogP contribution in [0.4, 0.5) is 0 Å². The molecule has 1 heterocycles. The normalized spacial score (nSPS) is 16.3. The lowest BCUT2D eigenvalue weighted by atomic mass is 10.1. The Morgan fingerprint density at radius 3 is 2.14 bits per heavy atom. The Kier molecular flexibility index (Phi) is 6.36. The van der Waals surface area contributed by atoms with Crippen molar-refractivity contribution in [3.63, 3.8) is 0 Å². The minimum absolute atomic E-state index is 0.0876. The van der Waals surface area contributed by atoms with Gasteiger partial charge in [0.1, 0.15) is 0 Å². The molecule has 0 spiro atoms. The molecule has 0 amide bonds. The number of nitrogens with zero attached hydrogens (tertiary/aromatic N) is 1. The van der Waals surface area contributed by atoms with Gasteiger partial charge >= 0.3 is 0 Å². The van der Waals surface area contributed by atoms with Gasteiger partial charge in [0.05, 0.1) is 12.2 Å². The van der Waals surface area contributed by atoms with Crippen molar-refractivity contribution in [1.29, 1.82) is 0 Å². The minimum atomic E-state index is 0.0876. The fraction of sp³-hybridized carbons (Fsp3) is 0.647. The average molecular weight is 327 g/mol. The Morgan fingerprint density at radius 2 is 1.59 bits per heavy atom. The van der Waals surface area contributed by atoms with Crippen LogP contribution in [-0.4, -0.2) is 43.3 Å². The van der Waals surface area contributed by atoms with Crippen molar-refractivity contribution in [2.75, 3.05) is 26.2 Å². The molecule has 124 valence electrons. The second-order valence-electron chi connectivity index (χ2n) is 6.25. The summed E-state index contributed by atoms with van der Waals surface area (Å²) in [5.41, 5.74) is 1.09. The highest BCUT2D eigenvalue weighted by atomic mass is 35.5. The fourth-order valence-electron chi connectivity index (χ4n) is 2.50. The van der Waals surface area contributed by atoms with E-state index in [0.29, 0.717) is 0 Å². The third kappa shape index (κ3) is 5.04. The van der Waals surface area contributed by atoms with E-state index in [9.17, 15) is 0 Å². The number of halogens is 1. The largest absolute Gasteiger partial charge is 0.487 e. The third-order valence-corrected chi connectivity index (χ3v) is 3.79. The van der Waals surface area contributed by atoms with Gasteiger partial charge in [0.15, 0.2) is 11.5 Å². The molecule has 0 aromatic heterocycles. The summed E-state index contributed by atoms with van der Waals surface area (Å²) in [6.45, 7) is 13.0. The standard InChI is InChI=1S/C17H27ClN2O2/c1-12(2)21-16-9-14(11-20-7-5-19-6-8-20)15(18)10-17(16)22-13(3)4/h9-10,12-13,19H,5-8,11H2,1-4H3. The number of hydrogen-bond acceptors (Lipinski definition) is 4. The van der Waals surface area contributed by atoms with E-state index in [-0.39, 0.29) is 12.2 Å². The lowest BCUT2D eigenvalue weighted by Crippen LogP contribution is -2.42. The molecule has 4 nitrogen and oxygen atoms in total. The van der Waals surface area contributed by atoms with Gasteiger partial charge in [0, 0.05) is 43.8 Å². The number of rotatable bonds is 6. The quantitative estimate of drug-likeness (QED) is 0.869. The molecular weight excluding hydrogens is 300 g/mol. The Labute approximate surface area is 138 Å². The molecule has 1 aromatic carbocycles. The van der Waals surface area contributed by atoms with Crippen LogP contribution in [0.1, 0.15) is 33.3 Å². The zero-order valence-electron chi connectivity index (χ0n) is 14.0. The van der Waals surface area contributed by atoms with Gasteiger partial charge in [-0.1, -0.05) is 11.6 Å². The van der Waals surface area contributed by atoms with Crippen LogP contribution < -0.4 is 14.8 Å². The van der Waals surface area contributed by atoms with Crippen LogP contribution in [0, 0.1) is 0 Å². The second-order valence-corrected chi connectivity index (χ2v) is 6.66. The van der Waals surface area contributed by atoms with Gasteiger partial charge in [-0.05, 0) is 39.3 Å². The van der Waals surface area contributed by atoms with Gasteiger partial charge in [0.25, 0.3) is 0 Å². The molecule has 0 bridgehead atoms. The van der Waals surface area contributed by atoms with Crippen molar-refractivity contribution >= 4 is 11.6 Å². The van der Waals surface area contributed by atoms with E-state index >= 15 is 0 Å². The maximum absolute atomic E-state index is 6.46. The van der Waals surface area contributed by atoms with E-state index in [1.807, 2.05) is 39.8 Å². The molecule has 1 aliphatic rings. The monoisotopic (exact) mass is 326 g/mol. The Bertz CT molecular complexity index is 486. The lowest BCUT2D eigenvalue weighted by Gasteiger charge is -2.28. The van der Waals surface area contributed by atoms with Gasteiger partial charge in [-0.25, -0.2) is 0 Å². The van der Waals surface area contributed by atoms with E-state index in [0.717, 1.165) is 54.8 Å². The van der Waals surface area contributed by atoms with Gasteiger partial charge in [-0.2, -0.15) is 0 Å². The van der Waals surface area contributed by atoms with Crippen molar-refractivity contribution < 1.29 is 9.47 Å². The SMILES string of the molecule is CC(C)Oc1cc(Cl)c(CN2CCNCC2)cc1OC(C)C. The van der Waals surface area contributed by atoms with Crippen LogP contribution in [0.15, 0.2) is 12.1 Å². The van der Waals surface area contributed by atoms with E-state index in [1.54, 1.807) is 0 Å². The molecule has 5 heteroatoms. The van der Waals surface area contributed by atoms with Crippen LogP contribution in [0.3, 0.4) is 0 Å². The number of hydrogen-bond donors (Lipinski definition) is 1. The summed E-state index contributed by atoms with van der Waals surface area (Å²) in [6, 6.07) is 3.92. The second kappa shape index (κ2) is 8.04. The first kappa shape index (κ1) is 17.4. The van der Waals surface area contributed by atoms with Gasteiger partial charge in [0.2, 0.25) is 0 Å². The lowest BCUT2D eigenvalue weighted by molar-refractivity contribution is 0.197. The molecule has 1 saturated heterocycles. The summed E-state index contributed by atoms with van der Waals surface area (Å²) in [5, 5.41) is 4.10. The van der Waals surface area contributed by atoms with Crippen LogP contribution >= 0.6 is 11.6 Å². The van der Waals surface area contributed by atoms with Crippen LogP contribution in [0.5, 0.6) is 11.5 Å². The maximum Gasteiger partial charge on any atom is 0.163 e. The van der Waals surface area contributed by atoms with Crippen LogP contribution in [0.25, 0.3) is 0 Å². The predicted octanol–water partition coefficient (Wildman–Crippen LogP) is 3.32. The van der Waals surface area contributed by atoms with E-state index in [1.165, 1.54) is 0 Å². The zero-order chi connectivity index (χ0) is 16.1. The number of piperazine rings is 1. The molecule has 22 heavy (non-hydrogen) atoms. The van der Waals surface area contributed by atoms with Crippen molar-refractivity contribution in [3.05, 3.63) is 22.7 Å². The number of nitrogens with one attached hydrogen (secondary N) is 1. The van der Waals surface area contributed by atoms with Crippen LogP contribution in [0.2, 0.25) is 5.02 Å². The van der Waals surface area contributed by atoms with Gasteiger partial charge in [-0.15, -0.1) is 0 Å². The van der Waals surface area contributed by atoms with Gasteiger partial charge in [-0.3, -0.25) is 4.90 Å². The molecule has 2 rings (SSSR count). The molecule has 0 radical (unpaired) electrons. The fourth-order valence-corrected chi connectivity index (χ4v) is 2.71. The van der Waals surface area contributed by atoms with Crippen LogP contribution in [-0.2, 0) is 6.54 Å². The van der Waals surface area contributed by atoms with E-state index in [4.69, 9.17) is 21.1 Å². The number of ether oxygens (including phenoxy) is 2. The van der Waals surface area contributed by atoms with Gasteiger partial charge < -0.3 is 14.8 Å². The summed E-state index contributed by atoms with van der Waals surface area (Å²) in [5.74, 6) is 1.50. The molecule has 0 aliphatic carbocycles. The first-order chi connectivity index (χ1) is 10.5. The maximum atomic E-state index is 6.46. The first-order valence-electron chi connectivity index (χ1n) is 8.04. The molecular formula is C17H27ClN2O2. The molecule has 0 saturated carbocycles. The Balaban J connectivity index is 2.21. The Morgan fingerprint density at radius 1 is 1.05 bits per heavy atom. The summed E-state index contributed by atoms with van der Waals surface area (Å²) < 4.78 is 11.8. The summed E-state index contributed by atoms with van der Waals surface area (Å²) >= 11 is 6.46. The average Bonchev–Trinajstić information content (AvgIpc) is 2.44. The summed E-state index contributed by atoms with van der Waals surface area (Å²) in [6.07, 6.45) is 0.187. The molecule has 1 aromatic rings. The van der Waals surface area contributed by atoms with Crippen molar-refractivity contribution in [2.45, 2.75) is 46.4 Å². The first-order valence-corrected chi connectivity index (χ1v) is 8.42. The highest BCUT2D eigenvalue weighted by Crippen LogP contribution is 2.35. The van der Waals surface area contributed by atoms with E-state index in [2.05, 4.69) is 10.2 Å². The smallest absolute Gasteiger partial charge is 0.163 e. The molecule has 1 aliphatic heterocycles. The highest BCUT2D eigenvalue weighted by Gasteiger charge is 2.17. The van der Waals surface area contributed by atoms with E-state index < -0.39 is 0 Å². The third-order valence-electron chi connectivity index (χ3n) is 3.44. The highest BCUT2D eigenvalue weighted by molar-refractivity contribution is 6.31. The zero-order valence-corrected chi connectivity index (χ0v) is 14.7. The summed E-state index contributed by atoms with van der Waals surface area (Å²) in [7, 11) is 0. The van der Waals surface area contributed by atoms with Crippen molar-refractivity contribution in [2.24, 2.45) is 0 Å². The molecule has 0 unspecified atom stereocenters. The number of benzene rings is 1. The van der Waals surface area contributed by atoms with Crippen molar-refractivity contribution in [3.8, 4) is 11.5 Å². The predicted molar refractivity (Wildman–Crippen MR) is 91.1 cm³/mol. The molecule has 1 fully saturated rings. The molecule has 1 N–H and O–H groups in total. The summed E-state index contributed by atoms with van der Waals surface area (Å²) in [4.78, 5) is 2.40. The molecule has 0 atom stereocenters. The van der Waals surface area contributed by atoms with Crippen molar-refractivity contribution in [1.82, 2.24) is 10.2 Å². The Hall–Kier alpha value is -0.970.